The van der Waals surface area contributed by atoms with Crippen LogP contribution in [0.4, 0.5) is 18.9 Å². The van der Waals surface area contributed by atoms with Crippen molar-refractivity contribution in [2.24, 2.45) is 5.41 Å². The van der Waals surface area contributed by atoms with Crippen molar-refractivity contribution >= 4 is 17.6 Å². The van der Waals surface area contributed by atoms with Gasteiger partial charge in [-0.25, -0.2) is 19.6 Å². The molecular formula is C26H21F3N6O4. The third-order valence-electron chi connectivity index (χ3n) is 6.46. The largest absolute Gasteiger partial charge is 0.481 e. The van der Waals surface area contributed by atoms with Crippen LogP contribution < -0.4 is 10.1 Å². The van der Waals surface area contributed by atoms with Crippen LogP contribution in [0.25, 0.3) is 16.9 Å². The molecule has 3 heterocycles. The lowest BCUT2D eigenvalue weighted by atomic mass is 9.69. The van der Waals surface area contributed by atoms with Crippen molar-refractivity contribution in [1.29, 1.82) is 0 Å². The highest BCUT2D eigenvalue weighted by Gasteiger charge is 2.45. The van der Waals surface area contributed by atoms with E-state index in [0.29, 0.717) is 24.0 Å². The third-order valence-corrected chi connectivity index (χ3v) is 6.46. The van der Waals surface area contributed by atoms with E-state index in [1.807, 2.05) is 0 Å². The number of benzene rings is 1. The van der Waals surface area contributed by atoms with E-state index in [1.165, 1.54) is 36.8 Å². The van der Waals surface area contributed by atoms with Gasteiger partial charge < -0.3 is 15.2 Å². The van der Waals surface area contributed by atoms with Gasteiger partial charge in [-0.1, -0.05) is 24.6 Å². The van der Waals surface area contributed by atoms with Crippen LogP contribution in [0, 0.1) is 5.41 Å². The van der Waals surface area contributed by atoms with Gasteiger partial charge in [0.2, 0.25) is 0 Å². The number of pyridine rings is 1. The smallest absolute Gasteiger partial charge is 0.435 e. The van der Waals surface area contributed by atoms with Gasteiger partial charge in [-0.3, -0.25) is 9.59 Å². The molecule has 2 N–H and O–H groups in total. The number of halogens is 3. The number of carbonyl (C=O) groups excluding carboxylic acids is 1. The average molecular weight is 538 g/mol. The molecule has 0 atom stereocenters. The van der Waals surface area contributed by atoms with Crippen LogP contribution >= 0.6 is 0 Å². The Balaban J connectivity index is 1.27. The van der Waals surface area contributed by atoms with E-state index in [9.17, 15) is 27.9 Å². The van der Waals surface area contributed by atoms with Gasteiger partial charge in [0.05, 0.1) is 5.56 Å². The Hall–Kier alpha value is -4.81. The number of anilines is 1. The number of hydrogen-bond acceptors (Lipinski definition) is 7. The quantitative estimate of drug-likeness (QED) is 0.332. The number of aliphatic carboxylic acids is 1. The van der Waals surface area contributed by atoms with Crippen molar-refractivity contribution < 1.29 is 32.6 Å². The summed E-state index contributed by atoms with van der Waals surface area (Å²) in [7, 11) is 0. The van der Waals surface area contributed by atoms with Crippen molar-refractivity contribution in [3.05, 3.63) is 78.5 Å². The van der Waals surface area contributed by atoms with Crippen LogP contribution in [0.15, 0.2) is 67.3 Å². The summed E-state index contributed by atoms with van der Waals surface area (Å²) in [6.45, 7) is -0.00705. The minimum Gasteiger partial charge on any atom is -0.481 e. The van der Waals surface area contributed by atoms with Gasteiger partial charge in [0.15, 0.2) is 11.5 Å². The summed E-state index contributed by atoms with van der Waals surface area (Å²) in [4.78, 5) is 36.4. The molecular weight excluding hydrogens is 517 g/mol. The van der Waals surface area contributed by atoms with Crippen LogP contribution in [0.5, 0.6) is 6.01 Å². The summed E-state index contributed by atoms with van der Waals surface area (Å²) < 4.78 is 47.2. The van der Waals surface area contributed by atoms with Crippen LogP contribution in [0.3, 0.4) is 0 Å². The minimum absolute atomic E-state index is 0.00705. The summed E-state index contributed by atoms with van der Waals surface area (Å²) in [5.41, 5.74) is -1.29. The predicted molar refractivity (Wildman–Crippen MR) is 131 cm³/mol. The van der Waals surface area contributed by atoms with Gasteiger partial charge in [-0.05, 0) is 42.7 Å². The molecule has 5 rings (SSSR count). The van der Waals surface area contributed by atoms with E-state index in [1.54, 1.807) is 24.3 Å². The van der Waals surface area contributed by atoms with Gasteiger partial charge in [-0.15, -0.1) is 0 Å². The number of carbonyl (C=O) groups is 2. The van der Waals surface area contributed by atoms with Gasteiger partial charge in [-0.2, -0.15) is 18.3 Å². The van der Waals surface area contributed by atoms with E-state index in [0.717, 1.165) is 17.3 Å². The Bertz CT molecular complexity index is 1490. The maximum atomic E-state index is 13.6. The molecule has 0 radical (unpaired) electrons. The molecule has 1 aliphatic carbocycles. The number of aromatic nitrogens is 5. The number of carboxylic acids is 1. The molecule has 4 aromatic rings. The molecule has 1 amide bonds. The number of carboxylic acid groups (broad SMARTS) is 1. The Morgan fingerprint density at radius 2 is 1.74 bits per heavy atom. The fraction of sp³-hybridized carbons (Fsp3) is 0.231. The maximum Gasteiger partial charge on any atom is 0.435 e. The Kier molecular flexibility index (Phi) is 6.73. The topological polar surface area (TPSA) is 132 Å². The van der Waals surface area contributed by atoms with Gasteiger partial charge in [0.1, 0.15) is 12.0 Å². The first-order valence-corrected chi connectivity index (χ1v) is 11.8. The lowest BCUT2D eigenvalue weighted by molar-refractivity contribution is -0.157. The minimum atomic E-state index is -4.85. The zero-order chi connectivity index (χ0) is 27.6. The van der Waals surface area contributed by atoms with Gasteiger partial charge in [0, 0.05) is 36.0 Å². The molecule has 0 spiro atoms. The summed E-state index contributed by atoms with van der Waals surface area (Å²) >= 11 is 0. The first-order valence-electron chi connectivity index (χ1n) is 11.8. The van der Waals surface area contributed by atoms with E-state index in [2.05, 4.69) is 25.4 Å². The molecule has 0 saturated heterocycles. The highest BCUT2D eigenvalue weighted by Crippen LogP contribution is 2.41. The number of amides is 1. The molecule has 13 heteroatoms. The second kappa shape index (κ2) is 10.2. The van der Waals surface area contributed by atoms with Crippen LogP contribution in [-0.4, -0.2) is 48.3 Å². The molecule has 0 aliphatic heterocycles. The molecule has 1 aliphatic rings. The highest BCUT2D eigenvalue weighted by molar-refractivity contribution is 6.05. The van der Waals surface area contributed by atoms with Crippen molar-refractivity contribution in [3.8, 4) is 23.0 Å². The van der Waals surface area contributed by atoms with E-state index >= 15 is 0 Å². The van der Waals surface area contributed by atoms with E-state index in [-0.39, 0.29) is 24.1 Å². The second-order valence-corrected chi connectivity index (χ2v) is 9.04. The van der Waals surface area contributed by atoms with Crippen LogP contribution in [0.1, 0.15) is 35.3 Å². The van der Waals surface area contributed by atoms with Crippen molar-refractivity contribution in [3.63, 3.8) is 0 Å². The molecule has 1 fully saturated rings. The van der Waals surface area contributed by atoms with Crippen LogP contribution in [-0.2, 0) is 11.0 Å². The number of nitrogens with one attached hydrogen (secondary N) is 1. The lowest BCUT2D eigenvalue weighted by Gasteiger charge is -2.36. The summed E-state index contributed by atoms with van der Waals surface area (Å²) in [6.07, 6.45) is 2.49. The standard InChI is InChI=1S/C26H21F3N6O4/c27-26(28,29)21-19(14-35(34-21)20-4-1-2-11-30-20)22(36)33-18-7-5-16(6-8-18)17-12-31-24(32-13-17)39-15-25(23(37)38)9-3-10-25/h1-2,4-8,11-14H,3,9-10,15H2,(H,33,36)(H,37,38). The number of ether oxygens (including phenoxy) is 1. The average Bonchev–Trinajstić information content (AvgIpc) is 3.36. The number of alkyl halides is 3. The zero-order valence-corrected chi connectivity index (χ0v) is 20.2. The normalized spacial score (nSPS) is 14.3. The predicted octanol–water partition coefficient (Wildman–Crippen LogP) is 4.63. The van der Waals surface area contributed by atoms with Crippen molar-refractivity contribution in [2.75, 3.05) is 11.9 Å². The van der Waals surface area contributed by atoms with Crippen molar-refractivity contribution in [1.82, 2.24) is 24.7 Å². The Labute approximate surface area is 219 Å². The van der Waals surface area contributed by atoms with Crippen molar-refractivity contribution in [2.45, 2.75) is 25.4 Å². The molecule has 3 aromatic heterocycles. The highest BCUT2D eigenvalue weighted by atomic mass is 19.4. The van der Waals surface area contributed by atoms with E-state index < -0.39 is 34.7 Å². The van der Waals surface area contributed by atoms with E-state index in [4.69, 9.17) is 4.74 Å². The SMILES string of the molecule is O=C(Nc1ccc(-c2cnc(OCC3(C(=O)O)CCC3)nc2)cc1)c1cn(-c2ccccn2)nc1C(F)(F)F. The molecule has 0 bridgehead atoms. The first kappa shape index (κ1) is 25.8. The maximum absolute atomic E-state index is 13.6. The second-order valence-electron chi connectivity index (χ2n) is 9.04. The molecule has 1 saturated carbocycles. The summed E-state index contributed by atoms with van der Waals surface area (Å²) in [5.74, 6) is -1.74. The molecule has 200 valence electrons. The lowest BCUT2D eigenvalue weighted by Crippen LogP contribution is -2.43. The first-order chi connectivity index (χ1) is 18.6. The Morgan fingerprint density at radius 1 is 1.03 bits per heavy atom. The third kappa shape index (κ3) is 5.42. The monoisotopic (exact) mass is 538 g/mol. The Morgan fingerprint density at radius 3 is 2.31 bits per heavy atom. The number of hydrogen-bond donors (Lipinski definition) is 2. The molecule has 39 heavy (non-hydrogen) atoms. The molecule has 0 unspecified atom stereocenters. The van der Waals surface area contributed by atoms with Gasteiger partial charge in [0.25, 0.3) is 5.91 Å². The number of rotatable bonds is 8. The summed E-state index contributed by atoms with van der Waals surface area (Å²) in [5, 5.41) is 15.4. The fourth-order valence-electron chi connectivity index (χ4n) is 4.07. The molecule has 10 nitrogen and oxygen atoms in total. The summed E-state index contributed by atoms with van der Waals surface area (Å²) in [6, 6.07) is 11.1. The van der Waals surface area contributed by atoms with Crippen LogP contribution in [0.2, 0.25) is 0 Å². The number of nitrogens with zero attached hydrogens (tertiary/aromatic N) is 5. The van der Waals surface area contributed by atoms with Gasteiger partial charge >= 0.3 is 18.2 Å². The molecule has 1 aromatic carbocycles. The fourth-order valence-corrected chi connectivity index (χ4v) is 4.07. The zero-order valence-electron chi connectivity index (χ0n) is 20.2.